The molecule has 0 bridgehead atoms. The monoisotopic (exact) mass is 383 g/mol. The molecule has 5 heteroatoms. The van der Waals surface area contributed by atoms with Gasteiger partial charge >= 0.3 is 0 Å². The summed E-state index contributed by atoms with van der Waals surface area (Å²) in [5.41, 5.74) is 9.94. The summed E-state index contributed by atoms with van der Waals surface area (Å²) in [5.74, 6) is -0.198. The number of rotatable bonds is 2. The summed E-state index contributed by atoms with van der Waals surface area (Å²) in [7, 11) is 0. The molecule has 3 nitrogen and oxygen atoms in total. The van der Waals surface area contributed by atoms with Gasteiger partial charge in [0.25, 0.3) is 0 Å². The maximum Gasteiger partial charge on any atom is 0.249 e. The first-order chi connectivity index (χ1) is 10.2. The first-order valence-electron chi connectivity index (χ1n) is 7.44. The topological polar surface area (TPSA) is 63.3 Å². The third kappa shape index (κ3) is 2.51. The number of nitrogens with two attached hydrogens (primary N) is 1. The highest BCUT2D eigenvalue weighted by Crippen LogP contribution is 2.50. The highest BCUT2D eigenvalue weighted by Gasteiger charge is 2.37. The maximum absolute atomic E-state index is 11.7. The minimum atomic E-state index is -0.686. The summed E-state index contributed by atoms with van der Waals surface area (Å²) in [6.07, 6.45) is 3.42. The Hall–Kier alpha value is -0.840. The summed E-state index contributed by atoms with van der Waals surface area (Å²) in [5, 5.41) is 10.8. The Morgan fingerprint density at radius 3 is 2.77 bits per heavy atom. The number of halogens is 2. The molecule has 0 heterocycles. The number of aliphatic hydroxyl groups is 1. The summed E-state index contributed by atoms with van der Waals surface area (Å²) in [6.45, 7) is 3.74. The number of hydrogen-bond donors (Lipinski definition) is 2. The molecule has 1 aromatic rings. The molecular weight excluding hydrogens is 366 g/mol. The van der Waals surface area contributed by atoms with Crippen molar-refractivity contribution >= 4 is 39.0 Å². The van der Waals surface area contributed by atoms with E-state index in [0.29, 0.717) is 10.6 Å². The minimum Gasteiger partial charge on any atom is -0.390 e. The van der Waals surface area contributed by atoms with Gasteiger partial charge in [-0.2, -0.15) is 0 Å². The Bertz CT molecular complexity index is 704. The SMILES string of the molecule is CC(C)(O)[C@@H]1CCC2=C(Cc3c(C(N)=O)cc(Cl)c(Br)c32)C1. The number of primary amides is 1. The lowest BCUT2D eigenvalue weighted by Gasteiger charge is -2.33. The molecular formula is C17H19BrClNO2. The first-order valence-corrected chi connectivity index (χ1v) is 8.61. The lowest BCUT2D eigenvalue weighted by molar-refractivity contribution is 0.0123. The van der Waals surface area contributed by atoms with Crippen LogP contribution in [0.25, 0.3) is 5.57 Å². The van der Waals surface area contributed by atoms with Gasteiger partial charge in [-0.1, -0.05) is 17.2 Å². The quantitative estimate of drug-likeness (QED) is 0.807. The fourth-order valence-electron chi connectivity index (χ4n) is 3.70. The average molecular weight is 385 g/mol. The van der Waals surface area contributed by atoms with Crippen molar-refractivity contribution in [3.8, 4) is 0 Å². The van der Waals surface area contributed by atoms with Crippen LogP contribution in [-0.2, 0) is 6.42 Å². The molecule has 0 aromatic heterocycles. The van der Waals surface area contributed by atoms with Gasteiger partial charge in [-0.05, 0) is 84.1 Å². The molecule has 2 aliphatic rings. The number of fused-ring (bicyclic) bond motifs is 2. The Morgan fingerprint density at radius 2 is 2.18 bits per heavy atom. The summed E-state index contributed by atoms with van der Waals surface area (Å²) < 4.78 is 0.848. The van der Waals surface area contributed by atoms with E-state index in [0.717, 1.165) is 41.3 Å². The molecule has 0 radical (unpaired) electrons. The zero-order valence-corrected chi connectivity index (χ0v) is 15.0. The summed E-state index contributed by atoms with van der Waals surface area (Å²) in [6, 6.07) is 1.65. The van der Waals surface area contributed by atoms with E-state index in [1.807, 2.05) is 13.8 Å². The van der Waals surface area contributed by atoms with E-state index in [1.165, 1.54) is 11.1 Å². The van der Waals surface area contributed by atoms with Gasteiger partial charge in [-0.15, -0.1) is 0 Å². The molecule has 1 atom stereocenters. The van der Waals surface area contributed by atoms with Crippen molar-refractivity contribution in [2.45, 2.75) is 45.1 Å². The maximum atomic E-state index is 11.7. The standard InChI is InChI=1S/C17H19BrClNO2/c1-17(2,22)9-3-4-10-8(5-9)6-11-12(16(20)21)7-13(19)15(18)14(10)11/h7,9,22H,3-6H2,1-2H3,(H2,20,21)/t9-/m1/s1. The summed E-state index contributed by atoms with van der Waals surface area (Å²) >= 11 is 9.82. The zero-order valence-electron chi connectivity index (χ0n) is 12.7. The molecule has 118 valence electrons. The van der Waals surface area contributed by atoms with Crippen LogP contribution in [0.1, 0.15) is 54.6 Å². The van der Waals surface area contributed by atoms with Gasteiger partial charge in [-0.25, -0.2) is 0 Å². The second-order valence-electron chi connectivity index (χ2n) is 6.79. The Morgan fingerprint density at radius 1 is 1.50 bits per heavy atom. The fraction of sp³-hybridized carbons (Fsp3) is 0.471. The van der Waals surface area contributed by atoms with Crippen LogP contribution in [-0.4, -0.2) is 16.6 Å². The van der Waals surface area contributed by atoms with E-state index in [4.69, 9.17) is 17.3 Å². The number of hydrogen-bond acceptors (Lipinski definition) is 2. The van der Waals surface area contributed by atoms with E-state index < -0.39 is 11.5 Å². The molecule has 0 unspecified atom stereocenters. The predicted molar refractivity (Wildman–Crippen MR) is 91.9 cm³/mol. The van der Waals surface area contributed by atoms with E-state index in [1.54, 1.807) is 6.07 Å². The highest BCUT2D eigenvalue weighted by molar-refractivity contribution is 9.10. The van der Waals surface area contributed by atoms with Gasteiger partial charge in [0.15, 0.2) is 0 Å². The molecule has 0 fully saturated rings. The van der Waals surface area contributed by atoms with Gasteiger partial charge in [-0.3, -0.25) is 4.79 Å². The van der Waals surface area contributed by atoms with Crippen molar-refractivity contribution in [3.05, 3.63) is 37.8 Å². The lowest BCUT2D eigenvalue weighted by Crippen LogP contribution is -2.32. The second kappa shape index (κ2) is 5.36. The van der Waals surface area contributed by atoms with Crippen LogP contribution in [0.15, 0.2) is 16.1 Å². The largest absolute Gasteiger partial charge is 0.390 e. The van der Waals surface area contributed by atoms with E-state index in [2.05, 4.69) is 15.9 Å². The van der Waals surface area contributed by atoms with Crippen molar-refractivity contribution in [1.29, 1.82) is 0 Å². The fourth-order valence-corrected chi connectivity index (χ4v) is 4.49. The lowest BCUT2D eigenvalue weighted by atomic mass is 9.76. The van der Waals surface area contributed by atoms with Gasteiger partial charge in [0.2, 0.25) is 5.91 Å². The van der Waals surface area contributed by atoms with E-state index in [9.17, 15) is 9.90 Å². The number of amides is 1. The van der Waals surface area contributed by atoms with Crippen LogP contribution >= 0.6 is 27.5 Å². The second-order valence-corrected chi connectivity index (χ2v) is 7.99. The number of allylic oxidation sites excluding steroid dienone is 2. The van der Waals surface area contributed by atoms with Crippen LogP contribution in [0.4, 0.5) is 0 Å². The highest BCUT2D eigenvalue weighted by atomic mass is 79.9. The van der Waals surface area contributed by atoms with Crippen LogP contribution < -0.4 is 5.73 Å². The van der Waals surface area contributed by atoms with Gasteiger partial charge < -0.3 is 10.8 Å². The van der Waals surface area contributed by atoms with Gasteiger partial charge in [0.05, 0.1) is 10.6 Å². The van der Waals surface area contributed by atoms with E-state index in [-0.39, 0.29) is 5.92 Å². The molecule has 1 aromatic carbocycles. The average Bonchev–Trinajstić information content (AvgIpc) is 2.79. The Balaban J connectivity index is 2.08. The molecule has 2 aliphatic carbocycles. The van der Waals surface area contributed by atoms with Crippen molar-refractivity contribution in [1.82, 2.24) is 0 Å². The Labute approximate surface area is 143 Å². The minimum absolute atomic E-state index is 0.242. The molecule has 0 spiro atoms. The molecule has 0 aliphatic heterocycles. The summed E-state index contributed by atoms with van der Waals surface area (Å²) in [4.78, 5) is 11.7. The van der Waals surface area contributed by atoms with Gasteiger partial charge in [0, 0.05) is 10.0 Å². The van der Waals surface area contributed by atoms with E-state index >= 15 is 0 Å². The molecule has 22 heavy (non-hydrogen) atoms. The van der Waals surface area contributed by atoms with Crippen molar-refractivity contribution in [3.63, 3.8) is 0 Å². The zero-order chi connectivity index (χ0) is 16.2. The molecule has 0 saturated carbocycles. The molecule has 1 amide bonds. The number of benzene rings is 1. The Kier molecular flexibility index (Phi) is 3.91. The number of carbonyl (C=O) groups is 1. The normalized spacial score (nSPS) is 20.9. The molecule has 0 saturated heterocycles. The predicted octanol–water partition coefficient (Wildman–Crippen LogP) is 4.08. The third-order valence-electron chi connectivity index (χ3n) is 4.95. The molecule has 3 rings (SSSR count). The van der Waals surface area contributed by atoms with Crippen LogP contribution in [0.5, 0.6) is 0 Å². The van der Waals surface area contributed by atoms with Crippen molar-refractivity contribution in [2.75, 3.05) is 0 Å². The van der Waals surface area contributed by atoms with Crippen molar-refractivity contribution < 1.29 is 9.90 Å². The van der Waals surface area contributed by atoms with Crippen molar-refractivity contribution in [2.24, 2.45) is 11.7 Å². The van der Waals surface area contributed by atoms with Crippen LogP contribution in [0.2, 0.25) is 5.02 Å². The molecule has 3 N–H and O–H groups in total. The number of carbonyl (C=O) groups excluding carboxylic acids is 1. The van der Waals surface area contributed by atoms with Gasteiger partial charge in [0.1, 0.15) is 0 Å². The smallest absolute Gasteiger partial charge is 0.249 e. The first kappa shape index (κ1) is 16.0. The van der Waals surface area contributed by atoms with Crippen LogP contribution in [0, 0.1) is 5.92 Å². The van der Waals surface area contributed by atoms with Crippen LogP contribution in [0.3, 0.4) is 0 Å². The third-order valence-corrected chi connectivity index (χ3v) is 6.30.